The summed E-state index contributed by atoms with van der Waals surface area (Å²) in [7, 11) is 0. The van der Waals surface area contributed by atoms with E-state index in [4.69, 9.17) is 11.6 Å². The van der Waals surface area contributed by atoms with Gasteiger partial charge in [0.1, 0.15) is 5.38 Å². The maximum Gasteiger partial charge on any atom is 0.321 e. The number of aromatic nitrogens is 1. The van der Waals surface area contributed by atoms with Gasteiger partial charge in [-0.05, 0) is 31.0 Å². The molecule has 1 aromatic rings. The van der Waals surface area contributed by atoms with E-state index >= 15 is 0 Å². The van der Waals surface area contributed by atoms with Crippen molar-refractivity contribution < 1.29 is 9.59 Å². The average Bonchev–Trinajstić information content (AvgIpc) is 2.27. The van der Waals surface area contributed by atoms with Crippen LogP contribution in [0.25, 0.3) is 0 Å². The van der Waals surface area contributed by atoms with Gasteiger partial charge in [-0.25, -0.2) is 4.79 Å². The first-order chi connectivity index (χ1) is 8.00. The van der Waals surface area contributed by atoms with Crippen molar-refractivity contribution in [2.45, 2.75) is 25.8 Å². The molecule has 0 radical (unpaired) electrons. The Morgan fingerprint density at radius 3 is 2.82 bits per heavy atom. The zero-order valence-corrected chi connectivity index (χ0v) is 10.4. The van der Waals surface area contributed by atoms with Crippen molar-refractivity contribution in [2.24, 2.45) is 0 Å². The number of carbonyl (C=O) groups excluding carboxylic acids is 2. The molecule has 1 heterocycles. The highest BCUT2D eigenvalue weighted by Crippen LogP contribution is 2.03. The van der Waals surface area contributed by atoms with Crippen LogP contribution in [0.5, 0.6) is 0 Å². The van der Waals surface area contributed by atoms with Gasteiger partial charge in [0.15, 0.2) is 0 Å². The second kappa shape index (κ2) is 6.20. The van der Waals surface area contributed by atoms with Crippen molar-refractivity contribution in [3.8, 4) is 0 Å². The summed E-state index contributed by atoms with van der Waals surface area (Å²) in [5, 5.41) is 3.97. The van der Waals surface area contributed by atoms with E-state index in [1.54, 1.807) is 12.4 Å². The second-order valence-corrected chi connectivity index (χ2v) is 4.24. The molecule has 0 spiro atoms. The van der Waals surface area contributed by atoms with Crippen molar-refractivity contribution in [1.29, 1.82) is 0 Å². The van der Waals surface area contributed by atoms with E-state index in [0.29, 0.717) is 6.54 Å². The molecule has 5 nitrogen and oxygen atoms in total. The fourth-order valence-corrected chi connectivity index (χ4v) is 1.19. The molecule has 1 rings (SSSR count). The summed E-state index contributed by atoms with van der Waals surface area (Å²) in [5.41, 5.74) is 1.92. The third-order valence-electron chi connectivity index (χ3n) is 2.17. The summed E-state index contributed by atoms with van der Waals surface area (Å²) in [6, 6.07) is 1.25. The number of amides is 3. The van der Waals surface area contributed by atoms with Crippen LogP contribution in [0, 0.1) is 6.92 Å². The Labute approximate surface area is 105 Å². The Balaban J connectivity index is 2.44. The Morgan fingerprint density at radius 1 is 1.53 bits per heavy atom. The molecule has 92 valence electrons. The summed E-state index contributed by atoms with van der Waals surface area (Å²) in [4.78, 5) is 26.4. The summed E-state index contributed by atoms with van der Waals surface area (Å²) >= 11 is 5.51. The topological polar surface area (TPSA) is 71.1 Å². The first-order valence-corrected chi connectivity index (χ1v) is 5.56. The van der Waals surface area contributed by atoms with E-state index in [9.17, 15) is 9.59 Å². The fourth-order valence-electron chi connectivity index (χ4n) is 1.13. The number of pyridine rings is 1. The van der Waals surface area contributed by atoms with Crippen molar-refractivity contribution in [1.82, 2.24) is 15.6 Å². The minimum atomic E-state index is -0.733. The van der Waals surface area contributed by atoms with Crippen molar-refractivity contribution >= 4 is 23.5 Å². The normalized spacial score (nSPS) is 11.7. The van der Waals surface area contributed by atoms with Crippen LogP contribution >= 0.6 is 11.6 Å². The van der Waals surface area contributed by atoms with E-state index in [1.165, 1.54) is 6.92 Å². The fraction of sp³-hybridized carbons (Fsp3) is 0.364. The van der Waals surface area contributed by atoms with Crippen LogP contribution in [0.1, 0.15) is 18.1 Å². The lowest BCUT2D eigenvalue weighted by molar-refractivity contribution is -0.119. The van der Waals surface area contributed by atoms with Crippen molar-refractivity contribution in [2.75, 3.05) is 0 Å². The van der Waals surface area contributed by atoms with Crippen LogP contribution in [0.2, 0.25) is 0 Å². The van der Waals surface area contributed by atoms with Gasteiger partial charge in [0, 0.05) is 18.9 Å². The lowest BCUT2D eigenvalue weighted by Gasteiger charge is -2.08. The van der Waals surface area contributed by atoms with E-state index in [2.05, 4.69) is 15.6 Å². The van der Waals surface area contributed by atoms with E-state index in [0.717, 1.165) is 11.1 Å². The average molecular weight is 256 g/mol. The van der Waals surface area contributed by atoms with Gasteiger partial charge in [-0.1, -0.05) is 0 Å². The van der Waals surface area contributed by atoms with Gasteiger partial charge in [-0.3, -0.25) is 15.1 Å². The van der Waals surface area contributed by atoms with Crippen LogP contribution in [-0.2, 0) is 11.3 Å². The quantitative estimate of drug-likeness (QED) is 0.801. The molecule has 0 bridgehead atoms. The number of carbonyl (C=O) groups is 2. The van der Waals surface area contributed by atoms with Crippen molar-refractivity contribution in [3.05, 3.63) is 29.6 Å². The molecule has 6 heteroatoms. The SMILES string of the molecule is Cc1cnccc1CNC(=O)NC(=O)C(C)Cl. The zero-order chi connectivity index (χ0) is 12.8. The number of rotatable bonds is 3. The minimum absolute atomic E-state index is 0.337. The van der Waals surface area contributed by atoms with Gasteiger partial charge >= 0.3 is 6.03 Å². The zero-order valence-electron chi connectivity index (χ0n) is 9.66. The molecule has 0 aliphatic rings. The first kappa shape index (κ1) is 13.4. The van der Waals surface area contributed by atoms with Crippen LogP contribution < -0.4 is 10.6 Å². The lowest BCUT2D eigenvalue weighted by atomic mass is 10.1. The maximum atomic E-state index is 11.3. The highest BCUT2D eigenvalue weighted by Gasteiger charge is 2.12. The molecule has 3 amide bonds. The molecule has 0 aliphatic carbocycles. The van der Waals surface area contributed by atoms with Gasteiger partial charge in [0.2, 0.25) is 5.91 Å². The largest absolute Gasteiger partial charge is 0.334 e. The Bertz CT molecular complexity index is 421. The van der Waals surface area contributed by atoms with Crippen LogP contribution in [-0.4, -0.2) is 22.3 Å². The molecule has 1 atom stereocenters. The number of imide groups is 1. The molecule has 0 saturated heterocycles. The number of hydrogen-bond acceptors (Lipinski definition) is 3. The van der Waals surface area contributed by atoms with E-state index < -0.39 is 17.3 Å². The van der Waals surface area contributed by atoms with Crippen LogP contribution in [0.3, 0.4) is 0 Å². The highest BCUT2D eigenvalue weighted by atomic mass is 35.5. The standard InChI is InChI=1S/C11H14ClN3O2/c1-7-5-13-4-3-9(7)6-14-11(17)15-10(16)8(2)12/h3-5,8H,6H2,1-2H3,(H2,14,15,16,17). The van der Waals surface area contributed by atoms with E-state index in [-0.39, 0.29) is 0 Å². The predicted octanol–water partition coefficient (Wildman–Crippen LogP) is 1.34. The Morgan fingerprint density at radius 2 is 2.24 bits per heavy atom. The number of halogens is 1. The lowest BCUT2D eigenvalue weighted by Crippen LogP contribution is -2.41. The number of aryl methyl sites for hydroxylation is 1. The third kappa shape index (κ3) is 4.40. The minimum Gasteiger partial charge on any atom is -0.334 e. The molecule has 2 N–H and O–H groups in total. The monoisotopic (exact) mass is 255 g/mol. The summed E-state index contributed by atoms with van der Waals surface area (Å²) < 4.78 is 0. The second-order valence-electron chi connectivity index (χ2n) is 3.59. The smallest absolute Gasteiger partial charge is 0.321 e. The molecular formula is C11H14ClN3O2. The Kier molecular flexibility index (Phi) is 4.90. The van der Waals surface area contributed by atoms with Gasteiger partial charge in [-0.15, -0.1) is 11.6 Å². The molecule has 0 saturated carbocycles. The number of nitrogens with zero attached hydrogens (tertiary/aromatic N) is 1. The Hall–Kier alpha value is -1.62. The summed E-state index contributed by atoms with van der Waals surface area (Å²) in [6.07, 6.45) is 3.36. The van der Waals surface area contributed by atoms with Gasteiger partial charge in [-0.2, -0.15) is 0 Å². The number of nitrogens with one attached hydrogen (secondary N) is 2. The first-order valence-electron chi connectivity index (χ1n) is 5.13. The molecule has 17 heavy (non-hydrogen) atoms. The molecule has 0 fully saturated rings. The van der Waals surface area contributed by atoms with Gasteiger partial charge in [0.25, 0.3) is 0 Å². The highest BCUT2D eigenvalue weighted by molar-refractivity contribution is 6.31. The number of hydrogen-bond donors (Lipinski definition) is 2. The molecule has 1 unspecified atom stereocenters. The third-order valence-corrected chi connectivity index (χ3v) is 2.37. The number of alkyl halides is 1. The summed E-state index contributed by atoms with van der Waals surface area (Å²) in [6.45, 7) is 3.73. The molecule has 1 aromatic heterocycles. The van der Waals surface area contributed by atoms with E-state index in [1.807, 2.05) is 13.0 Å². The maximum absolute atomic E-state index is 11.3. The predicted molar refractivity (Wildman–Crippen MR) is 64.7 cm³/mol. The molecule has 0 aliphatic heterocycles. The van der Waals surface area contributed by atoms with Gasteiger partial charge < -0.3 is 5.32 Å². The summed E-state index contributed by atoms with van der Waals surface area (Å²) in [5.74, 6) is -0.518. The van der Waals surface area contributed by atoms with Crippen molar-refractivity contribution in [3.63, 3.8) is 0 Å². The number of urea groups is 1. The molecule has 0 aromatic carbocycles. The van der Waals surface area contributed by atoms with Crippen LogP contribution in [0.15, 0.2) is 18.5 Å². The molecular weight excluding hydrogens is 242 g/mol. The van der Waals surface area contributed by atoms with Gasteiger partial charge in [0.05, 0.1) is 0 Å². The van der Waals surface area contributed by atoms with Crippen LogP contribution in [0.4, 0.5) is 4.79 Å².